The first-order valence-electron chi connectivity index (χ1n) is 6.37. The fraction of sp³-hybridized carbons (Fsp3) is 0.357. The van der Waals surface area contributed by atoms with Gasteiger partial charge in [0.05, 0.1) is 5.71 Å². The van der Waals surface area contributed by atoms with Crippen LogP contribution >= 0.6 is 40.3 Å². The normalized spacial score (nSPS) is 14.2. The maximum atomic E-state index is 5.93. The molecule has 0 radical (unpaired) electrons. The van der Waals surface area contributed by atoms with E-state index in [4.69, 9.17) is 16.7 Å². The quantitative estimate of drug-likeness (QED) is 0.737. The van der Waals surface area contributed by atoms with Crippen LogP contribution in [0.1, 0.15) is 32.2 Å². The van der Waals surface area contributed by atoms with E-state index in [9.17, 15) is 0 Å². The van der Waals surface area contributed by atoms with Crippen molar-refractivity contribution >= 4 is 46.1 Å². The molecule has 4 nitrogen and oxygen atoms in total. The Morgan fingerprint density at radius 3 is 2.43 bits per heavy atom. The minimum absolute atomic E-state index is 0. The van der Waals surface area contributed by atoms with Gasteiger partial charge in [0.1, 0.15) is 0 Å². The molecule has 0 spiro atoms. The molecular formula is C14H16BrClN4S. The van der Waals surface area contributed by atoms with Crippen LogP contribution in [0.25, 0.3) is 0 Å². The van der Waals surface area contributed by atoms with Gasteiger partial charge in [0.25, 0.3) is 0 Å². The van der Waals surface area contributed by atoms with E-state index >= 15 is 0 Å². The van der Waals surface area contributed by atoms with Crippen LogP contribution in [-0.4, -0.2) is 26.3 Å². The second kappa shape index (κ2) is 6.10. The van der Waals surface area contributed by atoms with E-state index in [0.29, 0.717) is 0 Å². The van der Waals surface area contributed by atoms with Crippen LogP contribution in [0.3, 0.4) is 0 Å². The smallest absolute Gasteiger partial charge is 0.191 e. The first-order valence-corrected chi connectivity index (χ1v) is 7.74. The maximum absolute atomic E-state index is 5.93. The third-order valence-corrected chi connectivity index (χ3v) is 4.20. The Balaban J connectivity index is 0.00000161. The van der Waals surface area contributed by atoms with Gasteiger partial charge in [0.2, 0.25) is 5.16 Å². The number of nitrogens with zero attached hydrogens (tertiary/aromatic N) is 4. The van der Waals surface area contributed by atoms with Gasteiger partial charge in [-0.1, -0.05) is 56.3 Å². The van der Waals surface area contributed by atoms with E-state index in [1.54, 1.807) is 11.8 Å². The number of fused-ring (bicyclic) bond motifs is 1. The molecule has 1 aromatic carbocycles. The molecule has 0 saturated carbocycles. The molecule has 0 fully saturated rings. The molecule has 0 bridgehead atoms. The predicted octanol–water partition coefficient (Wildman–Crippen LogP) is 4.17. The van der Waals surface area contributed by atoms with Crippen LogP contribution in [0.15, 0.2) is 34.5 Å². The Bertz CT molecular complexity index is 673. The minimum atomic E-state index is -0.0856. The summed E-state index contributed by atoms with van der Waals surface area (Å²) >= 11 is 7.59. The largest absolute Gasteiger partial charge is 0.212 e. The van der Waals surface area contributed by atoms with Gasteiger partial charge < -0.3 is 0 Å². The molecule has 2 heterocycles. The molecule has 1 aromatic heterocycles. The molecule has 0 amide bonds. The van der Waals surface area contributed by atoms with Crippen LogP contribution in [0, 0.1) is 0 Å². The first-order chi connectivity index (χ1) is 9.45. The van der Waals surface area contributed by atoms with Crippen molar-refractivity contribution in [3.05, 3.63) is 40.7 Å². The molecule has 2 aromatic rings. The summed E-state index contributed by atoms with van der Waals surface area (Å²) in [5.41, 5.74) is 2.02. The number of rotatable bonds is 1. The van der Waals surface area contributed by atoms with Crippen molar-refractivity contribution in [3.8, 4) is 0 Å². The molecule has 0 atom stereocenters. The molecule has 0 N–H and O–H groups in total. The van der Waals surface area contributed by atoms with E-state index in [1.165, 1.54) is 0 Å². The van der Waals surface area contributed by atoms with Crippen molar-refractivity contribution in [2.75, 3.05) is 5.75 Å². The molecule has 3 rings (SSSR count). The Kier molecular flexibility index (Phi) is 4.80. The second-order valence-corrected chi connectivity index (χ2v) is 7.09. The van der Waals surface area contributed by atoms with Gasteiger partial charge >= 0.3 is 0 Å². The average Bonchev–Trinajstić information content (AvgIpc) is 2.82. The summed E-state index contributed by atoms with van der Waals surface area (Å²) in [5, 5.41) is 14.8. The first kappa shape index (κ1) is 16.5. The van der Waals surface area contributed by atoms with Gasteiger partial charge in [-0.15, -0.1) is 27.2 Å². The van der Waals surface area contributed by atoms with Crippen LogP contribution < -0.4 is 0 Å². The Labute approximate surface area is 143 Å². The van der Waals surface area contributed by atoms with Crippen LogP contribution in [0.4, 0.5) is 0 Å². The summed E-state index contributed by atoms with van der Waals surface area (Å²) in [5.74, 6) is 1.68. The summed E-state index contributed by atoms with van der Waals surface area (Å²) in [4.78, 5) is 0. The predicted molar refractivity (Wildman–Crippen MR) is 93.2 cm³/mol. The summed E-state index contributed by atoms with van der Waals surface area (Å²) in [6.45, 7) is 6.34. The lowest BCUT2D eigenvalue weighted by Crippen LogP contribution is -2.21. The zero-order valence-electron chi connectivity index (χ0n) is 12.0. The summed E-state index contributed by atoms with van der Waals surface area (Å²) in [7, 11) is 0. The second-order valence-electron chi connectivity index (χ2n) is 5.71. The van der Waals surface area contributed by atoms with Crippen molar-refractivity contribution < 1.29 is 0 Å². The average molecular weight is 388 g/mol. The highest BCUT2D eigenvalue weighted by Gasteiger charge is 2.27. The molecular weight excluding hydrogens is 372 g/mol. The highest BCUT2D eigenvalue weighted by Crippen LogP contribution is 2.29. The van der Waals surface area contributed by atoms with Crippen molar-refractivity contribution in [2.45, 2.75) is 31.3 Å². The van der Waals surface area contributed by atoms with E-state index in [1.807, 2.05) is 28.9 Å². The monoisotopic (exact) mass is 386 g/mol. The van der Waals surface area contributed by atoms with E-state index in [2.05, 4.69) is 31.0 Å². The van der Waals surface area contributed by atoms with Crippen molar-refractivity contribution in [3.63, 3.8) is 0 Å². The Hall–Kier alpha value is -0.850. The zero-order chi connectivity index (χ0) is 14.3. The van der Waals surface area contributed by atoms with Crippen LogP contribution in [0.5, 0.6) is 0 Å². The topological polar surface area (TPSA) is 43.1 Å². The SMILES string of the molecule is Br.CC(C)(C)c1nnc2n1N=C(c1ccc(Cl)cc1)CS2. The number of thioether (sulfide) groups is 1. The maximum Gasteiger partial charge on any atom is 0.212 e. The Morgan fingerprint density at radius 1 is 1.14 bits per heavy atom. The minimum Gasteiger partial charge on any atom is -0.191 e. The number of halogens is 2. The zero-order valence-corrected chi connectivity index (χ0v) is 15.3. The summed E-state index contributed by atoms with van der Waals surface area (Å²) in [6.07, 6.45) is 0. The third kappa shape index (κ3) is 3.33. The standard InChI is InChI=1S/C14H15ClN4S.BrH/c1-14(2,3)12-16-17-13-19(12)18-11(8-20-13)9-4-6-10(15)7-5-9;/h4-7H,8H2,1-3H3;1H. The summed E-state index contributed by atoms with van der Waals surface area (Å²) < 4.78 is 1.86. The van der Waals surface area contributed by atoms with Gasteiger partial charge in [-0.2, -0.15) is 9.78 Å². The number of hydrogen-bond donors (Lipinski definition) is 0. The molecule has 21 heavy (non-hydrogen) atoms. The van der Waals surface area contributed by atoms with E-state index < -0.39 is 0 Å². The van der Waals surface area contributed by atoms with Crippen LogP contribution in [-0.2, 0) is 5.41 Å². The molecule has 1 aliphatic heterocycles. The fourth-order valence-electron chi connectivity index (χ4n) is 1.98. The van der Waals surface area contributed by atoms with Crippen molar-refractivity contribution in [2.24, 2.45) is 5.10 Å². The number of benzene rings is 1. The fourth-order valence-corrected chi connectivity index (χ4v) is 2.94. The summed E-state index contributed by atoms with van der Waals surface area (Å²) in [6, 6.07) is 7.76. The number of aromatic nitrogens is 3. The van der Waals surface area contributed by atoms with Gasteiger partial charge in [-0.25, -0.2) is 0 Å². The molecule has 7 heteroatoms. The van der Waals surface area contributed by atoms with Gasteiger partial charge in [-0.3, -0.25) is 0 Å². The highest BCUT2D eigenvalue weighted by atomic mass is 79.9. The third-order valence-electron chi connectivity index (χ3n) is 3.02. The van der Waals surface area contributed by atoms with Gasteiger partial charge in [0.15, 0.2) is 5.82 Å². The molecule has 0 aliphatic carbocycles. The lowest BCUT2D eigenvalue weighted by atomic mass is 9.96. The van der Waals surface area contributed by atoms with Gasteiger partial charge in [0, 0.05) is 16.2 Å². The molecule has 0 unspecified atom stereocenters. The van der Waals surface area contributed by atoms with Gasteiger partial charge in [-0.05, 0) is 17.7 Å². The van der Waals surface area contributed by atoms with E-state index in [0.717, 1.165) is 33.0 Å². The molecule has 1 aliphatic rings. The van der Waals surface area contributed by atoms with Crippen molar-refractivity contribution in [1.82, 2.24) is 14.9 Å². The highest BCUT2D eigenvalue weighted by molar-refractivity contribution is 8.93. The lowest BCUT2D eigenvalue weighted by Gasteiger charge is -2.19. The lowest BCUT2D eigenvalue weighted by molar-refractivity contribution is 0.509. The van der Waals surface area contributed by atoms with Crippen LogP contribution in [0.2, 0.25) is 5.02 Å². The van der Waals surface area contributed by atoms with Crippen molar-refractivity contribution in [1.29, 1.82) is 0 Å². The van der Waals surface area contributed by atoms with E-state index in [-0.39, 0.29) is 22.4 Å². The molecule has 0 saturated heterocycles. The molecule has 112 valence electrons. The number of hydrogen-bond acceptors (Lipinski definition) is 4. The Morgan fingerprint density at radius 2 is 1.81 bits per heavy atom.